The number of aryl methyl sites for hydroxylation is 1. The monoisotopic (exact) mass is 344 g/mol. The highest BCUT2D eigenvalue weighted by Gasteiger charge is 2.09. The number of nitrogens with zero attached hydrogens (tertiary/aromatic N) is 1. The van der Waals surface area contributed by atoms with Crippen LogP contribution in [-0.2, 0) is 6.42 Å². The number of hydrogen-bond donors (Lipinski definition) is 4. The predicted octanol–water partition coefficient (Wildman–Crippen LogP) is 2.59. The first-order chi connectivity index (χ1) is 11.7. The Morgan fingerprint density at radius 1 is 1.29 bits per heavy atom. The third-order valence-corrected chi connectivity index (χ3v) is 4.40. The number of carbonyl (C=O) groups excluding carboxylic acids is 1. The smallest absolute Gasteiger partial charge is 0.314 e. The lowest BCUT2D eigenvalue weighted by Crippen LogP contribution is -2.38. The molecular weight excluding hydrogens is 324 g/mol. The van der Waals surface area contributed by atoms with E-state index in [1.807, 2.05) is 41.1 Å². The van der Waals surface area contributed by atoms with Gasteiger partial charge in [-0.15, -0.1) is 0 Å². The van der Waals surface area contributed by atoms with Gasteiger partial charge in [0.15, 0.2) is 0 Å². The number of amides is 2. The Kier molecular flexibility index (Phi) is 5.45. The summed E-state index contributed by atoms with van der Waals surface area (Å²) in [6.45, 7) is 0.754. The normalized spacial score (nSPS) is 12.2. The Morgan fingerprint density at radius 3 is 2.96 bits per heavy atom. The predicted molar refractivity (Wildman–Crippen MR) is 95.1 cm³/mol. The fourth-order valence-corrected chi connectivity index (χ4v) is 3.12. The lowest BCUT2D eigenvalue weighted by atomic mass is 10.2. The highest BCUT2D eigenvalue weighted by Crippen LogP contribution is 2.15. The van der Waals surface area contributed by atoms with Crippen molar-refractivity contribution >= 4 is 28.4 Å². The zero-order chi connectivity index (χ0) is 16.8. The van der Waals surface area contributed by atoms with Crippen LogP contribution in [0.1, 0.15) is 23.9 Å². The van der Waals surface area contributed by atoms with Crippen molar-refractivity contribution in [3.05, 3.63) is 52.5 Å². The summed E-state index contributed by atoms with van der Waals surface area (Å²) in [5.74, 6) is 0.922. The van der Waals surface area contributed by atoms with E-state index in [-0.39, 0.29) is 12.6 Å². The Balaban J connectivity index is 1.34. The van der Waals surface area contributed by atoms with E-state index in [4.69, 9.17) is 0 Å². The molecule has 24 heavy (non-hydrogen) atoms. The van der Waals surface area contributed by atoms with Gasteiger partial charge in [-0.2, -0.15) is 11.3 Å². The Hall–Kier alpha value is -2.38. The largest absolute Gasteiger partial charge is 0.387 e. The zero-order valence-electron chi connectivity index (χ0n) is 13.2. The van der Waals surface area contributed by atoms with E-state index in [0.717, 1.165) is 35.3 Å². The minimum absolute atomic E-state index is 0.201. The molecule has 0 fully saturated rings. The van der Waals surface area contributed by atoms with Gasteiger partial charge in [0.05, 0.1) is 17.1 Å². The molecule has 0 aliphatic rings. The number of fused-ring (bicyclic) bond motifs is 1. The van der Waals surface area contributed by atoms with Gasteiger partial charge >= 0.3 is 6.03 Å². The number of aliphatic hydroxyl groups excluding tert-OH is 1. The maximum Gasteiger partial charge on any atom is 0.314 e. The highest BCUT2D eigenvalue weighted by molar-refractivity contribution is 7.07. The second-order valence-corrected chi connectivity index (χ2v) is 6.29. The van der Waals surface area contributed by atoms with Crippen LogP contribution in [0.15, 0.2) is 41.1 Å². The summed E-state index contributed by atoms with van der Waals surface area (Å²) in [6, 6.07) is 9.48. The molecule has 1 unspecified atom stereocenters. The molecule has 0 saturated heterocycles. The molecule has 7 heteroatoms. The van der Waals surface area contributed by atoms with Gasteiger partial charge < -0.3 is 20.7 Å². The van der Waals surface area contributed by atoms with Crippen molar-refractivity contribution in [2.24, 2.45) is 0 Å². The Bertz CT molecular complexity index is 752. The molecular formula is C17H20N4O2S. The van der Waals surface area contributed by atoms with Crippen molar-refractivity contribution in [2.45, 2.75) is 18.9 Å². The summed E-state index contributed by atoms with van der Waals surface area (Å²) in [5.41, 5.74) is 2.81. The van der Waals surface area contributed by atoms with E-state index < -0.39 is 6.10 Å². The minimum Gasteiger partial charge on any atom is -0.387 e. The average Bonchev–Trinajstić information content (AvgIpc) is 3.25. The third kappa shape index (κ3) is 4.33. The van der Waals surface area contributed by atoms with Gasteiger partial charge in [0.2, 0.25) is 0 Å². The number of imidazole rings is 1. The Labute approximate surface area is 143 Å². The molecule has 2 aromatic heterocycles. The molecule has 6 nitrogen and oxygen atoms in total. The fraction of sp³-hybridized carbons (Fsp3) is 0.294. The van der Waals surface area contributed by atoms with Crippen LogP contribution in [0.5, 0.6) is 0 Å². The number of thiophene rings is 1. The Morgan fingerprint density at radius 2 is 2.17 bits per heavy atom. The van der Waals surface area contributed by atoms with Gasteiger partial charge in [-0.1, -0.05) is 12.1 Å². The second kappa shape index (κ2) is 7.94. The molecule has 126 valence electrons. The van der Waals surface area contributed by atoms with E-state index in [1.165, 1.54) is 11.3 Å². The molecule has 2 amide bonds. The number of urea groups is 1. The average molecular weight is 344 g/mol. The van der Waals surface area contributed by atoms with Crippen molar-refractivity contribution in [1.29, 1.82) is 0 Å². The van der Waals surface area contributed by atoms with Crippen LogP contribution >= 0.6 is 11.3 Å². The quantitative estimate of drug-likeness (QED) is 0.497. The first-order valence-electron chi connectivity index (χ1n) is 7.88. The summed E-state index contributed by atoms with van der Waals surface area (Å²) >= 11 is 1.52. The number of carbonyl (C=O) groups is 1. The molecule has 0 bridgehead atoms. The lowest BCUT2D eigenvalue weighted by Gasteiger charge is -2.11. The molecule has 0 aliphatic heterocycles. The zero-order valence-corrected chi connectivity index (χ0v) is 14.0. The van der Waals surface area contributed by atoms with Gasteiger partial charge in [0.25, 0.3) is 0 Å². The van der Waals surface area contributed by atoms with Crippen molar-refractivity contribution in [2.75, 3.05) is 13.1 Å². The van der Waals surface area contributed by atoms with Crippen LogP contribution in [0.25, 0.3) is 11.0 Å². The molecule has 3 aromatic rings. The van der Waals surface area contributed by atoms with E-state index in [2.05, 4.69) is 20.6 Å². The lowest BCUT2D eigenvalue weighted by molar-refractivity contribution is 0.173. The van der Waals surface area contributed by atoms with Crippen molar-refractivity contribution in [3.63, 3.8) is 0 Å². The molecule has 1 atom stereocenters. The van der Waals surface area contributed by atoms with E-state index >= 15 is 0 Å². The molecule has 3 rings (SSSR count). The van der Waals surface area contributed by atoms with Crippen LogP contribution in [-0.4, -0.2) is 34.2 Å². The van der Waals surface area contributed by atoms with E-state index in [1.54, 1.807) is 0 Å². The van der Waals surface area contributed by atoms with Crippen molar-refractivity contribution in [1.82, 2.24) is 20.6 Å². The highest BCUT2D eigenvalue weighted by atomic mass is 32.1. The third-order valence-electron chi connectivity index (χ3n) is 3.70. The van der Waals surface area contributed by atoms with Crippen LogP contribution in [0.3, 0.4) is 0 Å². The number of hydrogen-bond acceptors (Lipinski definition) is 4. The number of rotatable bonds is 7. The number of aliphatic hydroxyl groups is 1. The topological polar surface area (TPSA) is 90.0 Å². The number of aromatic nitrogens is 2. The molecule has 0 radical (unpaired) electrons. The first-order valence-corrected chi connectivity index (χ1v) is 8.82. The van der Waals surface area contributed by atoms with Crippen LogP contribution < -0.4 is 10.6 Å². The second-order valence-electron chi connectivity index (χ2n) is 5.51. The van der Waals surface area contributed by atoms with Gasteiger partial charge in [-0.05, 0) is 40.9 Å². The van der Waals surface area contributed by atoms with Gasteiger partial charge in [0, 0.05) is 19.5 Å². The summed E-state index contributed by atoms with van der Waals surface area (Å²) in [7, 11) is 0. The molecule has 0 saturated carbocycles. The maximum absolute atomic E-state index is 11.7. The van der Waals surface area contributed by atoms with Gasteiger partial charge in [-0.3, -0.25) is 0 Å². The standard InChI is InChI=1S/C17H20N4O2S/c22-15(12-7-9-24-11-12)10-19-17(23)18-8-3-6-16-20-13-4-1-2-5-14(13)21-16/h1-2,4-5,7,9,11,15,22H,3,6,8,10H2,(H,20,21)(H2,18,19,23). The summed E-state index contributed by atoms with van der Waals surface area (Å²) in [5, 5.41) is 19.1. The van der Waals surface area contributed by atoms with E-state index in [0.29, 0.717) is 6.54 Å². The van der Waals surface area contributed by atoms with Crippen LogP contribution in [0, 0.1) is 0 Å². The molecule has 0 aliphatic carbocycles. The van der Waals surface area contributed by atoms with Gasteiger partial charge in [0.1, 0.15) is 5.82 Å². The summed E-state index contributed by atoms with van der Waals surface area (Å²) in [4.78, 5) is 19.5. The maximum atomic E-state index is 11.7. The number of nitrogens with one attached hydrogen (secondary N) is 3. The molecule has 1 aromatic carbocycles. The number of aromatic amines is 1. The number of benzene rings is 1. The first kappa shape index (κ1) is 16.5. The number of para-hydroxylation sites is 2. The minimum atomic E-state index is -0.669. The number of H-pyrrole nitrogens is 1. The van der Waals surface area contributed by atoms with Gasteiger partial charge in [-0.25, -0.2) is 9.78 Å². The van der Waals surface area contributed by atoms with Crippen LogP contribution in [0.2, 0.25) is 0 Å². The molecule has 2 heterocycles. The molecule has 0 spiro atoms. The summed E-state index contributed by atoms with van der Waals surface area (Å²) in [6.07, 6.45) is 0.893. The SMILES string of the molecule is O=C(NCCCc1nc2ccccc2[nH]1)NCC(O)c1ccsc1. The summed E-state index contributed by atoms with van der Waals surface area (Å²) < 4.78 is 0. The van der Waals surface area contributed by atoms with Crippen LogP contribution in [0.4, 0.5) is 4.79 Å². The van der Waals surface area contributed by atoms with Crippen molar-refractivity contribution in [3.8, 4) is 0 Å². The van der Waals surface area contributed by atoms with E-state index in [9.17, 15) is 9.90 Å². The molecule has 4 N–H and O–H groups in total. The van der Waals surface area contributed by atoms with Crippen molar-refractivity contribution < 1.29 is 9.90 Å². The fourth-order valence-electron chi connectivity index (χ4n) is 2.42.